The van der Waals surface area contributed by atoms with Gasteiger partial charge in [-0.1, -0.05) is 26.0 Å². The second-order valence-corrected chi connectivity index (χ2v) is 4.70. The Hall–Kier alpha value is -1.26. The van der Waals surface area contributed by atoms with Crippen molar-refractivity contribution in [1.82, 2.24) is 0 Å². The van der Waals surface area contributed by atoms with Crippen molar-refractivity contribution in [2.45, 2.75) is 39.9 Å². The number of rotatable bonds is 10. The summed E-state index contributed by atoms with van der Waals surface area (Å²) in [5.74, 6) is 0.842. The molecule has 1 aromatic rings. The van der Waals surface area contributed by atoms with Gasteiger partial charge in [-0.15, -0.1) is 0 Å². The largest absolute Gasteiger partial charge is 0.495 e. The van der Waals surface area contributed by atoms with Gasteiger partial charge in [0.05, 0.1) is 19.3 Å². The molecule has 114 valence electrons. The van der Waals surface area contributed by atoms with E-state index in [4.69, 9.17) is 14.2 Å². The van der Waals surface area contributed by atoms with Crippen molar-refractivity contribution in [2.75, 3.05) is 32.2 Å². The number of hydrogen-bond donors (Lipinski definition) is 1. The van der Waals surface area contributed by atoms with Crippen LogP contribution in [0.2, 0.25) is 0 Å². The highest BCUT2D eigenvalue weighted by Crippen LogP contribution is 2.27. The first-order chi connectivity index (χ1) is 9.72. The molecule has 0 amide bonds. The molecule has 0 aliphatic carbocycles. The van der Waals surface area contributed by atoms with Crippen LogP contribution in [0.25, 0.3) is 0 Å². The van der Waals surface area contributed by atoms with Crippen LogP contribution < -0.4 is 10.1 Å². The molecule has 0 radical (unpaired) electrons. The van der Waals surface area contributed by atoms with Crippen molar-refractivity contribution in [3.63, 3.8) is 0 Å². The second kappa shape index (κ2) is 9.61. The Kier molecular flexibility index (Phi) is 8.07. The van der Waals surface area contributed by atoms with Crippen molar-refractivity contribution in [1.29, 1.82) is 0 Å². The van der Waals surface area contributed by atoms with Gasteiger partial charge >= 0.3 is 0 Å². The Bertz CT molecular complexity index is 374. The third-order valence-electron chi connectivity index (χ3n) is 2.92. The lowest BCUT2D eigenvalue weighted by Crippen LogP contribution is -2.27. The van der Waals surface area contributed by atoms with Gasteiger partial charge in [0.25, 0.3) is 0 Å². The van der Waals surface area contributed by atoms with Gasteiger partial charge in [0.15, 0.2) is 6.29 Å². The molecule has 0 aromatic heterocycles. The van der Waals surface area contributed by atoms with Crippen LogP contribution in [0.5, 0.6) is 5.75 Å². The van der Waals surface area contributed by atoms with Crippen molar-refractivity contribution in [3.05, 3.63) is 23.8 Å². The number of benzene rings is 1. The van der Waals surface area contributed by atoms with E-state index in [1.54, 1.807) is 7.11 Å². The summed E-state index contributed by atoms with van der Waals surface area (Å²) in [5.41, 5.74) is 2.15. The van der Waals surface area contributed by atoms with Crippen LogP contribution in [0.3, 0.4) is 0 Å². The first kappa shape index (κ1) is 16.8. The number of methoxy groups -OCH3 is 1. The molecular formula is C16H27NO3. The smallest absolute Gasteiger partial charge is 0.174 e. The molecule has 1 N–H and O–H groups in total. The van der Waals surface area contributed by atoms with Crippen molar-refractivity contribution >= 4 is 5.69 Å². The van der Waals surface area contributed by atoms with Gasteiger partial charge in [-0.2, -0.15) is 0 Å². The maximum absolute atomic E-state index is 5.70. The molecule has 1 aromatic carbocycles. The molecule has 4 heteroatoms. The zero-order chi connectivity index (χ0) is 14.8. The number of hydrogen-bond acceptors (Lipinski definition) is 4. The van der Waals surface area contributed by atoms with Gasteiger partial charge < -0.3 is 19.5 Å². The highest BCUT2D eigenvalue weighted by atomic mass is 16.7. The molecule has 0 fully saturated rings. The Morgan fingerprint density at radius 2 is 1.75 bits per heavy atom. The van der Waals surface area contributed by atoms with Crippen LogP contribution in [0.1, 0.15) is 32.3 Å². The number of para-hydroxylation sites is 1. The maximum Gasteiger partial charge on any atom is 0.174 e. The normalized spacial score (nSPS) is 10.8. The average molecular weight is 281 g/mol. The van der Waals surface area contributed by atoms with Crippen molar-refractivity contribution < 1.29 is 14.2 Å². The molecule has 0 bridgehead atoms. The zero-order valence-corrected chi connectivity index (χ0v) is 13.1. The Morgan fingerprint density at radius 1 is 1.10 bits per heavy atom. The zero-order valence-electron chi connectivity index (χ0n) is 13.1. The van der Waals surface area contributed by atoms with Gasteiger partial charge in [0.1, 0.15) is 5.75 Å². The summed E-state index contributed by atoms with van der Waals surface area (Å²) in [6, 6.07) is 5.99. The Labute approximate surface area is 122 Å². The first-order valence-electron chi connectivity index (χ1n) is 7.33. The minimum Gasteiger partial charge on any atom is -0.495 e. The van der Waals surface area contributed by atoms with Gasteiger partial charge in [-0.3, -0.25) is 0 Å². The molecule has 0 spiro atoms. The summed E-state index contributed by atoms with van der Waals surface area (Å²) in [6.07, 6.45) is 1.75. The van der Waals surface area contributed by atoms with E-state index in [1.165, 1.54) is 0 Å². The highest BCUT2D eigenvalue weighted by molar-refractivity contribution is 5.61. The van der Waals surface area contributed by atoms with Gasteiger partial charge in [-0.25, -0.2) is 0 Å². The van der Waals surface area contributed by atoms with E-state index in [0.717, 1.165) is 29.8 Å². The number of ether oxygens (including phenoxy) is 3. The fraction of sp³-hybridized carbons (Fsp3) is 0.625. The molecule has 1 rings (SSSR count). The van der Waals surface area contributed by atoms with E-state index in [0.29, 0.717) is 19.8 Å². The molecule has 0 aliphatic rings. The summed E-state index contributed by atoms with van der Waals surface area (Å²) >= 11 is 0. The van der Waals surface area contributed by atoms with E-state index in [9.17, 15) is 0 Å². The van der Waals surface area contributed by atoms with E-state index in [2.05, 4.69) is 32.2 Å². The molecular weight excluding hydrogens is 254 g/mol. The topological polar surface area (TPSA) is 39.7 Å². The standard InChI is InChI=1S/C16H27NO3/c1-5-10-19-15(20-11-6-2)12-17-16-13(3)8-7-9-14(16)18-4/h7-9,15,17H,5-6,10-12H2,1-4H3. The molecule has 20 heavy (non-hydrogen) atoms. The van der Waals surface area contributed by atoms with E-state index < -0.39 is 0 Å². The molecule has 0 heterocycles. The Morgan fingerprint density at radius 3 is 2.30 bits per heavy atom. The average Bonchev–Trinajstić information content (AvgIpc) is 2.47. The Balaban J connectivity index is 2.61. The van der Waals surface area contributed by atoms with Crippen molar-refractivity contribution in [2.24, 2.45) is 0 Å². The number of aryl methyl sites for hydroxylation is 1. The van der Waals surface area contributed by atoms with Crippen molar-refractivity contribution in [3.8, 4) is 5.75 Å². The van der Waals surface area contributed by atoms with E-state index in [1.807, 2.05) is 12.1 Å². The lowest BCUT2D eigenvalue weighted by molar-refractivity contribution is -0.133. The SMILES string of the molecule is CCCOC(CNc1c(C)cccc1OC)OCCC. The quantitative estimate of drug-likeness (QED) is 0.665. The minimum atomic E-state index is -0.223. The number of nitrogens with one attached hydrogen (secondary N) is 1. The fourth-order valence-electron chi connectivity index (χ4n) is 1.89. The lowest BCUT2D eigenvalue weighted by Gasteiger charge is -2.21. The molecule has 0 atom stereocenters. The summed E-state index contributed by atoms with van der Waals surface area (Å²) in [4.78, 5) is 0. The highest BCUT2D eigenvalue weighted by Gasteiger charge is 2.11. The van der Waals surface area contributed by atoms with Crippen LogP contribution in [-0.2, 0) is 9.47 Å². The lowest BCUT2D eigenvalue weighted by atomic mass is 10.2. The van der Waals surface area contributed by atoms with Gasteiger partial charge in [-0.05, 0) is 31.4 Å². The predicted octanol–water partition coefficient (Wildman–Crippen LogP) is 3.59. The second-order valence-electron chi connectivity index (χ2n) is 4.70. The third kappa shape index (κ3) is 5.39. The summed E-state index contributed by atoms with van der Waals surface area (Å²) in [5, 5.41) is 3.38. The van der Waals surface area contributed by atoms with Gasteiger partial charge in [0, 0.05) is 13.2 Å². The molecule has 0 saturated heterocycles. The first-order valence-corrected chi connectivity index (χ1v) is 7.33. The van der Waals surface area contributed by atoms with Crippen LogP contribution in [0, 0.1) is 6.92 Å². The molecule has 0 unspecified atom stereocenters. The van der Waals surface area contributed by atoms with Crippen LogP contribution in [-0.4, -0.2) is 33.2 Å². The van der Waals surface area contributed by atoms with E-state index >= 15 is 0 Å². The van der Waals surface area contributed by atoms with Gasteiger partial charge in [0.2, 0.25) is 0 Å². The summed E-state index contributed by atoms with van der Waals surface area (Å²) < 4.78 is 16.8. The van der Waals surface area contributed by atoms with E-state index in [-0.39, 0.29) is 6.29 Å². The molecule has 0 saturated carbocycles. The van der Waals surface area contributed by atoms with Crippen LogP contribution >= 0.6 is 0 Å². The summed E-state index contributed by atoms with van der Waals surface area (Å²) in [7, 11) is 1.68. The summed E-state index contributed by atoms with van der Waals surface area (Å²) in [6.45, 7) is 8.27. The molecule has 4 nitrogen and oxygen atoms in total. The molecule has 0 aliphatic heterocycles. The maximum atomic E-state index is 5.70. The number of anilines is 1. The van der Waals surface area contributed by atoms with Crippen LogP contribution in [0.4, 0.5) is 5.69 Å². The van der Waals surface area contributed by atoms with Crippen LogP contribution in [0.15, 0.2) is 18.2 Å². The predicted molar refractivity (Wildman–Crippen MR) is 82.5 cm³/mol. The monoisotopic (exact) mass is 281 g/mol. The minimum absolute atomic E-state index is 0.223. The fourth-order valence-corrected chi connectivity index (χ4v) is 1.89. The third-order valence-corrected chi connectivity index (χ3v) is 2.92.